The van der Waals surface area contributed by atoms with Gasteiger partial charge in [0.1, 0.15) is 10.9 Å². The van der Waals surface area contributed by atoms with Crippen LogP contribution in [-0.4, -0.2) is 16.9 Å². The van der Waals surface area contributed by atoms with Gasteiger partial charge in [0.05, 0.1) is 0 Å². The first kappa shape index (κ1) is 29.4. The Morgan fingerprint density at radius 1 is 0.974 bits per heavy atom. The molecule has 0 spiro atoms. The minimum atomic E-state index is -0.277. The summed E-state index contributed by atoms with van der Waals surface area (Å²) in [5.41, 5.74) is 3.65. The Labute approximate surface area is 247 Å². The number of fused-ring (bicyclic) bond motifs is 5. The van der Waals surface area contributed by atoms with Crippen molar-refractivity contribution in [3.05, 3.63) is 47.5 Å². The molecule has 0 amide bonds. The van der Waals surface area contributed by atoms with Crippen molar-refractivity contribution in [3.63, 3.8) is 0 Å². The van der Waals surface area contributed by atoms with Crippen LogP contribution in [0.25, 0.3) is 0 Å². The normalized spacial score (nSPS) is 36.3. The number of allylic oxidation sites excluding steroid dienone is 1. The number of unbranched alkanes of at least 4 members (excludes halogenated alkanes) is 5. The predicted molar refractivity (Wildman–Crippen MR) is 166 cm³/mol. The fourth-order valence-electron chi connectivity index (χ4n) is 9.62. The highest BCUT2D eigenvalue weighted by atomic mass is 79.9. The van der Waals surface area contributed by atoms with Crippen LogP contribution in [0.1, 0.15) is 123 Å². The maximum Gasteiger partial charge on any atom is 0.320 e. The zero-order chi connectivity index (χ0) is 27.5. The molecule has 3 heteroatoms. The molecule has 0 heterocycles. The van der Waals surface area contributed by atoms with Gasteiger partial charge < -0.3 is 4.74 Å². The Kier molecular flexibility index (Phi) is 9.67. The van der Waals surface area contributed by atoms with E-state index in [0.717, 1.165) is 36.5 Å². The number of esters is 1. The monoisotopic (exact) mass is 596 g/mol. The summed E-state index contributed by atoms with van der Waals surface area (Å²) in [7, 11) is 0. The molecule has 5 rings (SSSR count). The number of alkyl halides is 1. The summed E-state index contributed by atoms with van der Waals surface area (Å²) in [4.78, 5) is 12.6. The zero-order valence-corrected chi connectivity index (χ0v) is 26.5. The van der Waals surface area contributed by atoms with Crippen LogP contribution in [0.4, 0.5) is 0 Å². The van der Waals surface area contributed by atoms with Gasteiger partial charge in [0.2, 0.25) is 0 Å². The van der Waals surface area contributed by atoms with E-state index in [0.29, 0.717) is 17.3 Å². The molecule has 39 heavy (non-hydrogen) atoms. The van der Waals surface area contributed by atoms with Gasteiger partial charge in [-0.15, -0.1) is 0 Å². The lowest BCUT2D eigenvalue weighted by Gasteiger charge is -2.58. The predicted octanol–water partition coefficient (Wildman–Crippen LogP) is 10.2. The van der Waals surface area contributed by atoms with E-state index in [1.807, 2.05) is 18.2 Å². The van der Waals surface area contributed by atoms with E-state index >= 15 is 0 Å². The van der Waals surface area contributed by atoms with Crippen LogP contribution in [0, 0.1) is 34.5 Å². The van der Waals surface area contributed by atoms with Crippen LogP contribution in [0.3, 0.4) is 0 Å². The van der Waals surface area contributed by atoms with Crippen molar-refractivity contribution in [1.29, 1.82) is 0 Å². The molecule has 0 saturated heterocycles. The summed E-state index contributed by atoms with van der Waals surface area (Å²) in [5, 5.41) is 0. The molecule has 0 aromatic heterocycles. The summed E-state index contributed by atoms with van der Waals surface area (Å²) in [6.45, 7) is 7.57. The summed E-state index contributed by atoms with van der Waals surface area (Å²) >= 11 is 3.61. The lowest BCUT2D eigenvalue weighted by Crippen LogP contribution is -2.50. The largest absolute Gasteiger partial charge is 0.461 e. The van der Waals surface area contributed by atoms with Gasteiger partial charge in [0, 0.05) is 6.42 Å². The van der Waals surface area contributed by atoms with E-state index in [1.54, 1.807) is 5.57 Å². The van der Waals surface area contributed by atoms with Crippen molar-refractivity contribution < 1.29 is 9.53 Å². The summed E-state index contributed by atoms with van der Waals surface area (Å²) in [5.74, 6) is 3.46. The maximum atomic E-state index is 12.9. The first-order chi connectivity index (χ1) is 18.8. The molecule has 3 fully saturated rings. The number of ether oxygens (including phenoxy) is 1. The van der Waals surface area contributed by atoms with Crippen LogP contribution in [0.15, 0.2) is 42.0 Å². The SMILES string of the molecule is CCCCCCCCC1CCC2C3CC=C4CC(OC(=O)C(Br)Cc5ccccc5)CCC4(C)C3CCC12C. The minimum absolute atomic E-state index is 0.0336. The molecular weight excluding hydrogens is 544 g/mol. The summed E-state index contributed by atoms with van der Waals surface area (Å²) < 4.78 is 6.10. The van der Waals surface area contributed by atoms with Gasteiger partial charge in [-0.2, -0.15) is 0 Å². The highest BCUT2D eigenvalue weighted by molar-refractivity contribution is 9.10. The van der Waals surface area contributed by atoms with E-state index in [4.69, 9.17) is 4.74 Å². The van der Waals surface area contributed by atoms with Gasteiger partial charge in [-0.05, 0) is 97.9 Å². The highest BCUT2D eigenvalue weighted by Gasteiger charge is 2.58. The van der Waals surface area contributed by atoms with Crippen molar-refractivity contribution in [2.45, 2.75) is 134 Å². The quantitative estimate of drug-likeness (QED) is 0.110. The van der Waals surface area contributed by atoms with Crippen molar-refractivity contribution >= 4 is 21.9 Å². The molecule has 4 aliphatic rings. The molecule has 1 aromatic rings. The van der Waals surface area contributed by atoms with Crippen molar-refractivity contribution in [1.82, 2.24) is 0 Å². The molecule has 3 saturated carbocycles. The van der Waals surface area contributed by atoms with Crippen LogP contribution in [0.2, 0.25) is 0 Å². The fourth-order valence-corrected chi connectivity index (χ4v) is 10.1. The second-order valence-corrected chi connectivity index (χ2v) is 15.2. The highest BCUT2D eigenvalue weighted by Crippen LogP contribution is 2.66. The van der Waals surface area contributed by atoms with E-state index in [-0.39, 0.29) is 16.9 Å². The molecule has 8 unspecified atom stereocenters. The second-order valence-electron chi connectivity index (χ2n) is 14.1. The van der Waals surface area contributed by atoms with Crippen molar-refractivity contribution in [2.75, 3.05) is 0 Å². The van der Waals surface area contributed by atoms with E-state index in [2.05, 4.69) is 54.9 Å². The molecule has 0 aliphatic heterocycles. The number of carbonyl (C=O) groups excluding carboxylic acids is 1. The third-order valence-corrected chi connectivity index (χ3v) is 12.7. The smallest absolute Gasteiger partial charge is 0.320 e. The summed E-state index contributed by atoms with van der Waals surface area (Å²) in [6, 6.07) is 10.2. The number of rotatable bonds is 11. The number of carbonyl (C=O) groups is 1. The van der Waals surface area contributed by atoms with Crippen LogP contribution in [0.5, 0.6) is 0 Å². The van der Waals surface area contributed by atoms with Gasteiger partial charge in [0.25, 0.3) is 0 Å². The zero-order valence-electron chi connectivity index (χ0n) is 24.9. The molecule has 216 valence electrons. The van der Waals surface area contributed by atoms with Crippen LogP contribution < -0.4 is 0 Å². The minimum Gasteiger partial charge on any atom is -0.461 e. The van der Waals surface area contributed by atoms with Crippen LogP contribution in [-0.2, 0) is 16.0 Å². The Morgan fingerprint density at radius 3 is 2.54 bits per heavy atom. The summed E-state index contributed by atoms with van der Waals surface area (Å²) in [6.07, 6.45) is 23.5. The Balaban J connectivity index is 1.16. The molecule has 0 N–H and O–H groups in total. The molecular formula is C36H53BrO2. The Bertz CT molecular complexity index is 987. The van der Waals surface area contributed by atoms with E-state index < -0.39 is 0 Å². The van der Waals surface area contributed by atoms with Crippen molar-refractivity contribution in [2.24, 2.45) is 34.5 Å². The van der Waals surface area contributed by atoms with Gasteiger partial charge in [0.15, 0.2) is 0 Å². The van der Waals surface area contributed by atoms with Gasteiger partial charge >= 0.3 is 5.97 Å². The third-order valence-electron chi connectivity index (χ3n) is 12.0. The second kappa shape index (κ2) is 12.8. The first-order valence-electron chi connectivity index (χ1n) is 16.4. The molecule has 4 aliphatic carbocycles. The number of halogens is 1. The lowest BCUT2D eigenvalue weighted by atomic mass is 9.47. The van der Waals surface area contributed by atoms with E-state index in [9.17, 15) is 4.79 Å². The standard InChI is InChI=1S/C36H53BrO2/c1-4-5-6-7-8-12-15-27-17-19-31-30-18-16-28-25-29(20-22-36(28,3)32(30)21-23-35(27,31)2)39-34(38)33(37)24-26-13-10-9-11-14-26/h9-11,13-14,16,27,29-33H,4-8,12,15,17-25H2,1-3H3. The Hall–Kier alpha value is -1.09. The average molecular weight is 598 g/mol. The molecule has 2 nitrogen and oxygen atoms in total. The molecule has 0 bridgehead atoms. The molecule has 8 atom stereocenters. The lowest BCUT2D eigenvalue weighted by molar-refractivity contribution is -0.150. The molecule has 0 radical (unpaired) electrons. The average Bonchev–Trinajstić information content (AvgIpc) is 3.27. The third kappa shape index (κ3) is 6.24. The number of benzene rings is 1. The van der Waals surface area contributed by atoms with Gasteiger partial charge in [-0.25, -0.2) is 0 Å². The van der Waals surface area contributed by atoms with Crippen molar-refractivity contribution in [3.8, 4) is 0 Å². The Morgan fingerprint density at radius 2 is 1.74 bits per heavy atom. The topological polar surface area (TPSA) is 26.3 Å². The number of hydrogen-bond donors (Lipinski definition) is 0. The van der Waals surface area contributed by atoms with Gasteiger partial charge in [-0.1, -0.05) is 117 Å². The fraction of sp³-hybridized carbons (Fsp3) is 0.750. The first-order valence-corrected chi connectivity index (χ1v) is 17.3. The van der Waals surface area contributed by atoms with E-state index in [1.165, 1.54) is 89.0 Å². The maximum absolute atomic E-state index is 12.9. The molecule has 1 aromatic carbocycles. The number of hydrogen-bond acceptors (Lipinski definition) is 2. The van der Waals surface area contributed by atoms with Crippen LogP contribution >= 0.6 is 15.9 Å². The van der Waals surface area contributed by atoms with Gasteiger partial charge in [-0.3, -0.25) is 4.79 Å².